The molecule has 0 amide bonds. The Bertz CT molecular complexity index is 116. The Kier molecular flexibility index (Phi) is 4.62. The van der Waals surface area contributed by atoms with E-state index in [1.807, 2.05) is 0 Å². The van der Waals surface area contributed by atoms with E-state index in [1.54, 1.807) is 0 Å². The molecule has 2 nitrogen and oxygen atoms in total. The lowest BCUT2D eigenvalue weighted by Gasteiger charge is -2.15. The second-order valence-corrected chi connectivity index (χ2v) is 4.01. The third-order valence-corrected chi connectivity index (χ3v) is 2.84. The lowest BCUT2D eigenvalue weighted by Crippen LogP contribution is -2.21. The normalized spacial score (nSPS) is 31.5. The fourth-order valence-electron chi connectivity index (χ4n) is 2.15. The molecule has 1 fully saturated rings. The zero-order valence-corrected chi connectivity index (χ0v) is 7.84. The van der Waals surface area contributed by atoms with Gasteiger partial charge in [-0.2, -0.15) is 0 Å². The molecule has 0 bridgehead atoms. The van der Waals surface area contributed by atoms with E-state index in [1.165, 1.54) is 38.5 Å². The second-order valence-electron chi connectivity index (χ2n) is 4.01. The van der Waals surface area contributed by atoms with Crippen LogP contribution in [0.2, 0.25) is 0 Å². The van der Waals surface area contributed by atoms with Crippen LogP contribution in [-0.2, 0) is 0 Å². The van der Waals surface area contributed by atoms with E-state index in [2.05, 4.69) is 0 Å². The molecule has 1 aliphatic rings. The molecule has 0 heterocycles. The number of hydrogen-bond donors (Lipinski definition) is 2. The zero-order valence-electron chi connectivity index (χ0n) is 7.84. The summed E-state index contributed by atoms with van der Waals surface area (Å²) in [4.78, 5) is 0. The van der Waals surface area contributed by atoms with Crippen LogP contribution < -0.4 is 5.73 Å². The summed E-state index contributed by atoms with van der Waals surface area (Å²) in [5.74, 6) is 0.787. The number of nitrogens with two attached hydrogens (primary N) is 1. The summed E-state index contributed by atoms with van der Waals surface area (Å²) in [6.45, 7) is 0.339. The average molecular weight is 171 g/mol. The fraction of sp³-hybridized carbons (Fsp3) is 1.00. The van der Waals surface area contributed by atoms with Crippen LogP contribution in [0.4, 0.5) is 0 Å². The van der Waals surface area contributed by atoms with Crippen molar-refractivity contribution in [3.05, 3.63) is 0 Å². The highest BCUT2D eigenvalue weighted by molar-refractivity contribution is 4.73. The molecular weight excluding hydrogens is 150 g/mol. The van der Waals surface area contributed by atoms with Gasteiger partial charge in [0.1, 0.15) is 0 Å². The van der Waals surface area contributed by atoms with Crippen molar-refractivity contribution in [2.24, 2.45) is 11.7 Å². The molecule has 0 saturated heterocycles. The summed E-state index contributed by atoms with van der Waals surface area (Å²) in [6.07, 6.45) is 8.48. The zero-order chi connectivity index (χ0) is 8.81. The first kappa shape index (κ1) is 10.0. The van der Waals surface area contributed by atoms with Crippen molar-refractivity contribution < 1.29 is 5.11 Å². The lowest BCUT2D eigenvalue weighted by molar-refractivity contribution is 0.264. The minimum absolute atomic E-state index is 0.339. The van der Waals surface area contributed by atoms with E-state index in [0.29, 0.717) is 12.6 Å². The first-order chi connectivity index (χ1) is 5.83. The number of aliphatic hydroxyl groups is 1. The number of rotatable bonds is 3. The van der Waals surface area contributed by atoms with Crippen LogP contribution in [0.1, 0.15) is 44.9 Å². The Balaban J connectivity index is 2.21. The van der Waals surface area contributed by atoms with Gasteiger partial charge in [-0.3, -0.25) is 0 Å². The highest BCUT2D eigenvalue weighted by Gasteiger charge is 2.16. The Labute approximate surface area is 75.2 Å². The van der Waals surface area contributed by atoms with Crippen molar-refractivity contribution in [1.29, 1.82) is 0 Å². The third kappa shape index (κ3) is 3.55. The number of hydrogen-bond acceptors (Lipinski definition) is 2. The molecule has 12 heavy (non-hydrogen) atoms. The quantitative estimate of drug-likeness (QED) is 0.634. The van der Waals surface area contributed by atoms with Gasteiger partial charge in [-0.25, -0.2) is 0 Å². The first-order valence-corrected chi connectivity index (χ1v) is 5.19. The minimum Gasteiger partial charge on any atom is -0.396 e. The molecule has 2 atom stereocenters. The summed E-state index contributed by atoms with van der Waals surface area (Å²) >= 11 is 0. The molecule has 0 aromatic rings. The topological polar surface area (TPSA) is 46.2 Å². The highest BCUT2D eigenvalue weighted by atomic mass is 16.2. The van der Waals surface area contributed by atoms with Crippen LogP contribution in [0, 0.1) is 5.92 Å². The van der Waals surface area contributed by atoms with Crippen molar-refractivity contribution in [2.75, 3.05) is 6.61 Å². The highest BCUT2D eigenvalue weighted by Crippen LogP contribution is 2.25. The molecule has 0 radical (unpaired) electrons. The summed E-state index contributed by atoms with van der Waals surface area (Å²) in [5.41, 5.74) is 5.93. The van der Waals surface area contributed by atoms with Gasteiger partial charge in [0, 0.05) is 12.6 Å². The molecule has 0 aromatic heterocycles. The van der Waals surface area contributed by atoms with Crippen LogP contribution in [0.25, 0.3) is 0 Å². The van der Waals surface area contributed by atoms with E-state index in [0.717, 1.165) is 12.3 Å². The maximum atomic E-state index is 8.70. The van der Waals surface area contributed by atoms with Crippen molar-refractivity contribution in [3.8, 4) is 0 Å². The molecule has 2 heteroatoms. The van der Waals surface area contributed by atoms with Gasteiger partial charge < -0.3 is 10.8 Å². The predicted octanol–water partition coefficient (Wildman–Crippen LogP) is 1.67. The van der Waals surface area contributed by atoms with Crippen molar-refractivity contribution in [3.63, 3.8) is 0 Å². The maximum absolute atomic E-state index is 8.70. The van der Waals surface area contributed by atoms with Gasteiger partial charge in [0.15, 0.2) is 0 Å². The summed E-state index contributed by atoms with van der Waals surface area (Å²) < 4.78 is 0. The molecule has 1 aliphatic carbocycles. The van der Waals surface area contributed by atoms with Crippen LogP contribution in [0.5, 0.6) is 0 Å². The monoisotopic (exact) mass is 171 g/mol. The summed E-state index contributed by atoms with van der Waals surface area (Å²) in [5, 5.41) is 8.70. The Morgan fingerprint density at radius 1 is 1.25 bits per heavy atom. The van der Waals surface area contributed by atoms with Crippen LogP contribution >= 0.6 is 0 Å². The Morgan fingerprint density at radius 2 is 2.00 bits per heavy atom. The van der Waals surface area contributed by atoms with E-state index in [-0.39, 0.29) is 0 Å². The molecule has 0 aliphatic heterocycles. The first-order valence-electron chi connectivity index (χ1n) is 5.19. The van der Waals surface area contributed by atoms with Gasteiger partial charge in [0.05, 0.1) is 0 Å². The van der Waals surface area contributed by atoms with Gasteiger partial charge in [0.2, 0.25) is 0 Å². The maximum Gasteiger partial charge on any atom is 0.0431 e. The van der Waals surface area contributed by atoms with Gasteiger partial charge in [-0.1, -0.05) is 19.3 Å². The minimum atomic E-state index is 0.339. The summed E-state index contributed by atoms with van der Waals surface area (Å²) in [7, 11) is 0. The largest absolute Gasteiger partial charge is 0.396 e. The van der Waals surface area contributed by atoms with Gasteiger partial charge in [-0.05, 0) is 31.6 Å². The molecule has 72 valence electrons. The summed E-state index contributed by atoms with van der Waals surface area (Å²) in [6, 6.07) is 0.427. The standard InChI is InChI=1S/C10H21NO/c11-10-6-2-1-4-9(8-10)5-3-7-12/h9-10,12H,1-8,11H2. The van der Waals surface area contributed by atoms with Crippen LogP contribution in [0.15, 0.2) is 0 Å². The van der Waals surface area contributed by atoms with E-state index >= 15 is 0 Å². The fourth-order valence-corrected chi connectivity index (χ4v) is 2.15. The molecule has 0 spiro atoms. The predicted molar refractivity (Wildman–Crippen MR) is 50.9 cm³/mol. The molecule has 3 N–H and O–H groups in total. The van der Waals surface area contributed by atoms with E-state index in [4.69, 9.17) is 10.8 Å². The molecule has 1 rings (SSSR count). The molecular formula is C10H21NO. The lowest BCUT2D eigenvalue weighted by atomic mass is 9.94. The van der Waals surface area contributed by atoms with E-state index in [9.17, 15) is 0 Å². The van der Waals surface area contributed by atoms with Crippen LogP contribution in [-0.4, -0.2) is 17.8 Å². The van der Waals surface area contributed by atoms with Crippen molar-refractivity contribution in [1.82, 2.24) is 0 Å². The van der Waals surface area contributed by atoms with Crippen molar-refractivity contribution >= 4 is 0 Å². The SMILES string of the molecule is NC1CCCCC(CCCO)C1. The smallest absolute Gasteiger partial charge is 0.0431 e. The molecule has 0 aromatic carbocycles. The molecule has 2 unspecified atom stereocenters. The Morgan fingerprint density at radius 3 is 2.75 bits per heavy atom. The van der Waals surface area contributed by atoms with Crippen LogP contribution in [0.3, 0.4) is 0 Å². The van der Waals surface area contributed by atoms with Gasteiger partial charge in [-0.15, -0.1) is 0 Å². The average Bonchev–Trinajstić information content (AvgIpc) is 2.26. The second kappa shape index (κ2) is 5.55. The van der Waals surface area contributed by atoms with Gasteiger partial charge in [0.25, 0.3) is 0 Å². The number of aliphatic hydroxyl groups excluding tert-OH is 1. The van der Waals surface area contributed by atoms with E-state index < -0.39 is 0 Å². The molecule has 1 saturated carbocycles. The van der Waals surface area contributed by atoms with Crippen molar-refractivity contribution in [2.45, 2.75) is 51.0 Å². The third-order valence-electron chi connectivity index (χ3n) is 2.84. The van der Waals surface area contributed by atoms with Gasteiger partial charge >= 0.3 is 0 Å². The Hall–Kier alpha value is -0.0800.